The highest BCUT2D eigenvalue weighted by molar-refractivity contribution is 7.99. The quantitative estimate of drug-likeness (QED) is 0.322. The number of nitrogens with zero attached hydrogens (tertiary/aromatic N) is 5. The van der Waals surface area contributed by atoms with Gasteiger partial charge in [-0.05, 0) is 44.5 Å². The van der Waals surface area contributed by atoms with E-state index >= 15 is 0 Å². The van der Waals surface area contributed by atoms with Crippen molar-refractivity contribution in [2.24, 2.45) is 7.05 Å². The van der Waals surface area contributed by atoms with E-state index in [-0.39, 0.29) is 29.4 Å². The predicted octanol–water partition coefficient (Wildman–Crippen LogP) is 2.96. The van der Waals surface area contributed by atoms with Gasteiger partial charge in [0.05, 0.1) is 5.75 Å². The zero-order valence-electron chi connectivity index (χ0n) is 19.3. The molecule has 0 fully saturated rings. The zero-order chi connectivity index (χ0) is 24.4. The van der Waals surface area contributed by atoms with Crippen LogP contribution in [-0.2, 0) is 18.3 Å². The molecule has 4 rings (SSSR count). The number of aromatic nitrogens is 5. The standard InChI is InChI=1S/C24H24N6O3S/c1-14-8-9-20-25-15(2)19(23(33)30(20)12-14)11-21-27-28-24(29(21)4)34-13-22(32)26-18-7-5-6-17(10-18)16(3)31/h5-10,12H,11,13H2,1-4H3,(H,26,32). The minimum Gasteiger partial charge on any atom is -0.325 e. The molecule has 0 saturated heterocycles. The number of benzene rings is 1. The molecule has 0 aliphatic carbocycles. The number of amides is 1. The lowest BCUT2D eigenvalue weighted by molar-refractivity contribution is -0.113. The van der Waals surface area contributed by atoms with E-state index in [4.69, 9.17) is 0 Å². The van der Waals surface area contributed by atoms with Gasteiger partial charge in [0.25, 0.3) is 5.56 Å². The number of fused-ring (bicyclic) bond motifs is 1. The van der Waals surface area contributed by atoms with Crippen LogP contribution in [0.15, 0.2) is 52.5 Å². The zero-order valence-corrected chi connectivity index (χ0v) is 20.1. The fourth-order valence-electron chi connectivity index (χ4n) is 3.52. The topological polar surface area (TPSA) is 111 Å². The van der Waals surface area contributed by atoms with Crippen LogP contribution in [0, 0.1) is 13.8 Å². The molecule has 3 aromatic heterocycles. The summed E-state index contributed by atoms with van der Waals surface area (Å²) in [6.45, 7) is 5.22. The van der Waals surface area contributed by atoms with E-state index < -0.39 is 0 Å². The molecule has 9 nitrogen and oxygen atoms in total. The fraction of sp³-hybridized carbons (Fsp3) is 0.250. The van der Waals surface area contributed by atoms with E-state index in [1.54, 1.807) is 46.5 Å². The Hall–Kier alpha value is -3.79. The summed E-state index contributed by atoms with van der Waals surface area (Å²) in [5.41, 5.74) is 3.74. The number of carbonyl (C=O) groups is 2. The summed E-state index contributed by atoms with van der Waals surface area (Å²) in [6, 6.07) is 10.5. The molecular formula is C24H24N6O3S. The normalized spacial score (nSPS) is 11.1. The first kappa shape index (κ1) is 23.4. The molecule has 0 unspecified atom stereocenters. The van der Waals surface area contributed by atoms with Crippen molar-refractivity contribution in [3.63, 3.8) is 0 Å². The Labute approximate surface area is 200 Å². The van der Waals surface area contributed by atoms with E-state index in [0.717, 1.165) is 5.56 Å². The Morgan fingerprint density at radius 1 is 1.12 bits per heavy atom. The second-order valence-electron chi connectivity index (χ2n) is 8.02. The van der Waals surface area contributed by atoms with E-state index in [2.05, 4.69) is 20.5 Å². The van der Waals surface area contributed by atoms with Crippen molar-refractivity contribution in [1.82, 2.24) is 24.1 Å². The first-order valence-corrected chi connectivity index (χ1v) is 11.6. The van der Waals surface area contributed by atoms with Crippen LogP contribution in [0.1, 0.15) is 39.9 Å². The maximum atomic E-state index is 13.1. The minimum atomic E-state index is -0.224. The van der Waals surface area contributed by atoms with Crippen LogP contribution in [0.2, 0.25) is 0 Å². The van der Waals surface area contributed by atoms with Gasteiger partial charge in [-0.1, -0.05) is 30.0 Å². The Balaban J connectivity index is 1.46. The summed E-state index contributed by atoms with van der Waals surface area (Å²) in [5.74, 6) is 0.434. The lowest BCUT2D eigenvalue weighted by Crippen LogP contribution is -2.22. The van der Waals surface area contributed by atoms with Crippen molar-refractivity contribution in [2.45, 2.75) is 32.3 Å². The maximum Gasteiger partial charge on any atom is 0.261 e. The first-order chi connectivity index (χ1) is 16.2. The first-order valence-electron chi connectivity index (χ1n) is 10.6. The average Bonchev–Trinajstić information content (AvgIpc) is 3.15. The third-order valence-corrected chi connectivity index (χ3v) is 6.44. The van der Waals surface area contributed by atoms with Crippen molar-refractivity contribution in [3.05, 3.63) is 81.2 Å². The van der Waals surface area contributed by atoms with E-state index in [1.165, 1.54) is 18.7 Å². The van der Waals surface area contributed by atoms with Crippen LogP contribution in [-0.4, -0.2) is 41.6 Å². The minimum absolute atomic E-state index is 0.0660. The van der Waals surface area contributed by atoms with Gasteiger partial charge in [0.15, 0.2) is 10.9 Å². The van der Waals surface area contributed by atoms with Gasteiger partial charge in [-0.25, -0.2) is 4.98 Å². The van der Waals surface area contributed by atoms with Gasteiger partial charge in [0.1, 0.15) is 11.5 Å². The third-order valence-electron chi connectivity index (χ3n) is 5.42. The van der Waals surface area contributed by atoms with Gasteiger partial charge >= 0.3 is 0 Å². The summed E-state index contributed by atoms with van der Waals surface area (Å²) < 4.78 is 3.33. The number of carbonyl (C=O) groups excluding carboxylic acids is 2. The Bertz CT molecular complexity index is 1470. The van der Waals surface area contributed by atoms with Gasteiger partial charge in [-0.15, -0.1) is 10.2 Å². The van der Waals surface area contributed by atoms with Gasteiger partial charge < -0.3 is 9.88 Å². The fourth-order valence-corrected chi connectivity index (χ4v) is 4.25. The molecule has 0 aliphatic rings. The van der Waals surface area contributed by atoms with Crippen molar-refractivity contribution < 1.29 is 9.59 Å². The largest absolute Gasteiger partial charge is 0.325 e. The summed E-state index contributed by atoms with van der Waals surface area (Å²) in [6.07, 6.45) is 2.05. The number of hydrogen-bond acceptors (Lipinski definition) is 7. The Morgan fingerprint density at radius 3 is 2.68 bits per heavy atom. The molecule has 1 N–H and O–H groups in total. The molecule has 1 amide bonds. The monoisotopic (exact) mass is 476 g/mol. The number of anilines is 1. The summed E-state index contributed by atoms with van der Waals surface area (Å²) in [4.78, 5) is 41.5. The second kappa shape index (κ2) is 9.60. The average molecular weight is 477 g/mol. The van der Waals surface area contributed by atoms with Crippen LogP contribution in [0.4, 0.5) is 5.69 Å². The van der Waals surface area contributed by atoms with Crippen molar-refractivity contribution in [1.29, 1.82) is 0 Å². The predicted molar refractivity (Wildman–Crippen MR) is 131 cm³/mol. The summed E-state index contributed by atoms with van der Waals surface area (Å²) in [7, 11) is 1.80. The molecule has 10 heteroatoms. The molecule has 0 aliphatic heterocycles. The molecule has 0 radical (unpaired) electrons. The SMILES string of the molecule is CC(=O)c1cccc(NC(=O)CSc2nnc(Cc3c(C)nc4ccc(C)cn4c3=O)n2C)c1. The highest BCUT2D eigenvalue weighted by atomic mass is 32.2. The van der Waals surface area contributed by atoms with Crippen molar-refractivity contribution in [3.8, 4) is 0 Å². The number of pyridine rings is 1. The molecule has 0 atom stereocenters. The highest BCUT2D eigenvalue weighted by Gasteiger charge is 2.17. The van der Waals surface area contributed by atoms with E-state index in [0.29, 0.717) is 39.1 Å². The molecule has 0 saturated carbocycles. The Morgan fingerprint density at radius 2 is 1.91 bits per heavy atom. The number of thioether (sulfide) groups is 1. The molecule has 0 spiro atoms. The van der Waals surface area contributed by atoms with Crippen LogP contribution in [0.25, 0.3) is 5.65 Å². The van der Waals surface area contributed by atoms with Crippen LogP contribution >= 0.6 is 11.8 Å². The van der Waals surface area contributed by atoms with Gasteiger partial charge in [0, 0.05) is 42.2 Å². The lowest BCUT2D eigenvalue weighted by Gasteiger charge is -2.09. The molecule has 1 aromatic carbocycles. The number of nitrogens with one attached hydrogen (secondary N) is 1. The number of Topliss-reactive ketones (excluding diaryl/α,β-unsaturated/α-hetero) is 1. The number of hydrogen-bond donors (Lipinski definition) is 1. The van der Waals surface area contributed by atoms with Crippen molar-refractivity contribution in [2.75, 3.05) is 11.1 Å². The molecule has 3 heterocycles. The van der Waals surface area contributed by atoms with E-state index in [1.807, 2.05) is 26.0 Å². The smallest absolute Gasteiger partial charge is 0.261 e. The van der Waals surface area contributed by atoms with Crippen molar-refractivity contribution >= 4 is 34.8 Å². The Kier molecular flexibility index (Phi) is 6.60. The van der Waals surface area contributed by atoms with Crippen LogP contribution < -0.4 is 10.9 Å². The van der Waals surface area contributed by atoms with Gasteiger partial charge in [-0.2, -0.15) is 0 Å². The molecule has 34 heavy (non-hydrogen) atoms. The van der Waals surface area contributed by atoms with Gasteiger partial charge in [0.2, 0.25) is 5.91 Å². The van der Waals surface area contributed by atoms with Crippen LogP contribution in [0.3, 0.4) is 0 Å². The molecule has 0 bridgehead atoms. The molecular weight excluding hydrogens is 452 g/mol. The van der Waals surface area contributed by atoms with Crippen LogP contribution in [0.5, 0.6) is 0 Å². The van der Waals surface area contributed by atoms with Gasteiger partial charge in [-0.3, -0.25) is 18.8 Å². The third kappa shape index (κ3) is 4.91. The maximum absolute atomic E-state index is 13.1. The number of rotatable bonds is 7. The second-order valence-corrected chi connectivity index (χ2v) is 8.97. The molecule has 174 valence electrons. The number of ketones is 1. The lowest BCUT2D eigenvalue weighted by atomic mass is 10.1. The van der Waals surface area contributed by atoms with E-state index in [9.17, 15) is 14.4 Å². The molecule has 4 aromatic rings. The summed E-state index contributed by atoms with van der Waals surface area (Å²) in [5, 5.41) is 11.8. The summed E-state index contributed by atoms with van der Waals surface area (Å²) >= 11 is 1.24. The highest BCUT2D eigenvalue weighted by Crippen LogP contribution is 2.19. The number of aryl methyl sites for hydroxylation is 2.